The molecule has 1 aromatic rings. The van der Waals surface area contributed by atoms with Crippen LogP contribution in [-0.4, -0.2) is 60.0 Å². The maximum absolute atomic E-state index is 12.1. The van der Waals surface area contributed by atoms with Gasteiger partial charge in [-0.1, -0.05) is 13.8 Å². The molecule has 6 heteroatoms. The van der Waals surface area contributed by atoms with Crippen LogP contribution < -0.4 is 10.2 Å². The second-order valence-corrected chi connectivity index (χ2v) is 5.37. The van der Waals surface area contributed by atoms with Crippen LogP contribution in [0.1, 0.15) is 36.5 Å². The van der Waals surface area contributed by atoms with E-state index < -0.39 is 0 Å². The average molecular weight is 291 g/mol. The zero-order chi connectivity index (χ0) is 15.2. The smallest absolute Gasteiger partial charge is 0.270 e. The van der Waals surface area contributed by atoms with Crippen LogP contribution in [0, 0.1) is 6.92 Å². The molecule has 0 unspecified atom stereocenters. The standard InChI is InChI=1S/C15H25N5O/c1-4-6-16-14(21)13-11-12(3)17-15(18-13)20-9-7-19(5-2)8-10-20/h11H,4-10H2,1-3H3,(H,16,21). The van der Waals surface area contributed by atoms with Crippen LogP contribution in [0.2, 0.25) is 0 Å². The predicted molar refractivity (Wildman–Crippen MR) is 83.7 cm³/mol. The van der Waals surface area contributed by atoms with Crippen molar-refractivity contribution in [1.29, 1.82) is 0 Å². The molecule has 0 aliphatic carbocycles. The Kier molecular flexibility index (Phi) is 5.50. The molecule has 2 rings (SSSR count). The Morgan fingerprint density at radius 2 is 1.95 bits per heavy atom. The molecule has 0 spiro atoms. The highest BCUT2D eigenvalue weighted by Gasteiger charge is 2.19. The molecular weight excluding hydrogens is 266 g/mol. The van der Waals surface area contributed by atoms with Gasteiger partial charge in [0.15, 0.2) is 0 Å². The zero-order valence-electron chi connectivity index (χ0n) is 13.2. The first kappa shape index (κ1) is 15.7. The minimum Gasteiger partial charge on any atom is -0.351 e. The summed E-state index contributed by atoms with van der Waals surface area (Å²) in [6.45, 7) is 11.7. The minimum absolute atomic E-state index is 0.115. The maximum atomic E-state index is 12.1. The molecule has 6 nitrogen and oxygen atoms in total. The van der Waals surface area contributed by atoms with Crippen molar-refractivity contribution in [2.24, 2.45) is 0 Å². The van der Waals surface area contributed by atoms with E-state index in [-0.39, 0.29) is 5.91 Å². The van der Waals surface area contributed by atoms with Gasteiger partial charge >= 0.3 is 0 Å². The number of piperazine rings is 1. The van der Waals surface area contributed by atoms with Crippen molar-refractivity contribution < 1.29 is 4.79 Å². The average Bonchev–Trinajstić information content (AvgIpc) is 2.52. The topological polar surface area (TPSA) is 61.4 Å². The van der Waals surface area contributed by atoms with E-state index in [1.54, 1.807) is 6.07 Å². The monoisotopic (exact) mass is 291 g/mol. The van der Waals surface area contributed by atoms with Crippen molar-refractivity contribution in [3.63, 3.8) is 0 Å². The number of anilines is 1. The molecule has 0 bridgehead atoms. The number of likely N-dealkylation sites (N-methyl/N-ethyl adjacent to an activating group) is 1. The largest absolute Gasteiger partial charge is 0.351 e. The molecule has 1 amide bonds. The van der Waals surface area contributed by atoms with Crippen LogP contribution in [0.4, 0.5) is 5.95 Å². The molecule has 21 heavy (non-hydrogen) atoms. The van der Waals surface area contributed by atoms with Gasteiger partial charge < -0.3 is 15.1 Å². The van der Waals surface area contributed by atoms with Crippen LogP contribution in [0.3, 0.4) is 0 Å². The molecule has 0 saturated carbocycles. The highest BCUT2D eigenvalue weighted by atomic mass is 16.1. The lowest BCUT2D eigenvalue weighted by molar-refractivity contribution is 0.0948. The van der Waals surface area contributed by atoms with Gasteiger partial charge in [-0.05, 0) is 26.0 Å². The van der Waals surface area contributed by atoms with Gasteiger partial charge in [0.05, 0.1) is 0 Å². The lowest BCUT2D eigenvalue weighted by Gasteiger charge is -2.34. The van der Waals surface area contributed by atoms with Gasteiger partial charge in [-0.2, -0.15) is 0 Å². The summed E-state index contributed by atoms with van der Waals surface area (Å²) in [5.41, 5.74) is 1.29. The van der Waals surface area contributed by atoms with E-state index in [0.29, 0.717) is 18.2 Å². The van der Waals surface area contributed by atoms with Gasteiger partial charge in [0.1, 0.15) is 5.69 Å². The Labute approximate surface area is 126 Å². The molecule has 116 valence electrons. The van der Waals surface area contributed by atoms with E-state index >= 15 is 0 Å². The first-order valence-corrected chi connectivity index (χ1v) is 7.75. The summed E-state index contributed by atoms with van der Waals surface area (Å²) in [6.07, 6.45) is 0.918. The number of aryl methyl sites for hydroxylation is 1. The Balaban J connectivity index is 2.10. The number of carbonyl (C=O) groups excluding carboxylic acids is 1. The van der Waals surface area contributed by atoms with Gasteiger partial charge in [0, 0.05) is 38.4 Å². The van der Waals surface area contributed by atoms with Crippen LogP contribution in [0.5, 0.6) is 0 Å². The molecule has 0 aromatic carbocycles. The Hall–Kier alpha value is -1.69. The summed E-state index contributed by atoms with van der Waals surface area (Å²) in [7, 11) is 0. The number of rotatable bonds is 5. The fourth-order valence-corrected chi connectivity index (χ4v) is 2.40. The van der Waals surface area contributed by atoms with Crippen LogP contribution >= 0.6 is 0 Å². The SMILES string of the molecule is CCCNC(=O)c1cc(C)nc(N2CCN(CC)CC2)n1. The molecule has 1 aliphatic heterocycles. The Morgan fingerprint density at radius 3 is 2.57 bits per heavy atom. The molecule has 0 radical (unpaired) electrons. The number of amides is 1. The second-order valence-electron chi connectivity index (χ2n) is 5.37. The molecule has 1 aromatic heterocycles. The molecule has 2 heterocycles. The van der Waals surface area contributed by atoms with Crippen molar-refractivity contribution in [2.45, 2.75) is 27.2 Å². The number of nitrogens with one attached hydrogen (secondary N) is 1. The highest BCUT2D eigenvalue weighted by Crippen LogP contribution is 2.13. The number of carbonyl (C=O) groups is 1. The maximum Gasteiger partial charge on any atom is 0.270 e. The predicted octanol–water partition coefficient (Wildman–Crippen LogP) is 1.07. The van der Waals surface area contributed by atoms with Crippen molar-refractivity contribution in [1.82, 2.24) is 20.2 Å². The van der Waals surface area contributed by atoms with Crippen LogP contribution in [0.25, 0.3) is 0 Å². The lowest BCUT2D eigenvalue weighted by atomic mass is 10.3. The third-order valence-corrected chi connectivity index (χ3v) is 3.71. The van der Waals surface area contributed by atoms with E-state index in [1.807, 2.05) is 13.8 Å². The van der Waals surface area contributed by atoms with Crippen molar-refractivity contribution in [2.75, 3.05) is 44.2 Å². The second kappa shape index (κ2) is 7.36. The zero-order valence-corrected chi connectivity index (χ0v) is 13.2. The minimum atomic E-state index is -0.115. The van der Waals surface area contributed by atoms with Crippen molar-refractivity contribution in [3.05, 3.63) is 17.5 Å². The van der Waals surface area contributed by atoms with Gasteiger partial charge in [0.2, 0.25) is 5.95 Å². The molecular formula is C15H25N5O. The third-order valence-electron chi connectivity index (χ3n) is 3.71. The molecule has 1 N–H and O–H groups in total. The Bertz CT molecular complexity index is 483. The van der Waals surface area contributed by atoms with Crippen molar-refractivity contribution >= 4 is 11.9 Å². The van der Waals surface area contributed by atoms with Gasteiger partial charge in [-0.25, -0.2) is 9.97 Å². The third kappa shape index (κ3) is 4.14. The first-order valence-electron chi connectivity index (χ1n) is 7.75. The Morgan fingerprint density at radius 1 is 1.24 bits per heavy atom. The quantitative estimate of drug-likeness (QED) is 0.879. The van der Waals surface area contributed by atoms with Crippen molar-refractivity contribution in [3.8, 4) is 0 Å². The number of aromatic nitrogens is 2. The van der Waals surface area contributed by atoms with E-state index in [0.717, 1.165) is 44.8 Å². The highest BCUT2D eigenvalue weighted by molar-refractivity contribution is 5.92. The number of nitrogens with zero attached hydrogens (tertiary/aromatic N) is 4. The van der Waals surface area contributed by atoms with E-state index in [2.05, 4.69) is 32.0 Å². The van der Waals surface area contributed by atoms with Crippen LogP contribution in [0.15, 0.2) is 6.07 Å². The summed E-state index contributed by atoms with van der Waals surface area (Å²) in [4.78, 5) is 25.6. The van der Waals surface area contributed by atoms with E-state index in [9.17, 15) is 4.79 Å². The number of hydrogen-bond donors (Lipinski definition) is 1. The molecule has 0 atom stereocenters. The summed E-state index contributed by atoms with van der Waals surface area (Å²) in [6, 6.07) is 1.75. The summed E-state index contributed by atoms with van der Waals surface area (Å²) >= 11 is 0. The molecule has 1 fully saturated rings. The van der Waals surface area contributed by atoms with Gasteiger partial charge in [-0.15, -0.1) is 0 Å². The van der Waals surface area contributed by atoms with Gasteiger partial charge in [0.25, 0.3) is 5.91 Å². The number of hydrogen-bond acceptors (Lipinski definition) is 5. The van der Waals surface area contributed by atoms with E-state index in [1.165, 1.54) is 0 Å². The molecule has 1 saturated heterocycles. The van der Waals surface area contributed by atoms with Gasteiger partial charge in [-0.3, -0.25) is 4.79 Å². The summed E-state index contributed by atoms with van der Waals surface area (Å²) < 4.78 is 0. The molecule has 1 aliphatic rings. The first-order chi connectivity index (χ1) is 10.1. The lowest BCUT2D eigenvalue weighted by Crippen LogP contribution is -2.47. The normalized spacial score (nSPS) is 16.0. The fraction of sp³-hybridized carbons (Fsp3) is 0.667. The van der Waals surface area contributed by atoms with E-state index in [4.69, 9.17) is 0 Å². The summed E-state index contributed by atoms with van der Waals surface area (Å²) in [5, 5.41) is 2.87. The van der Waals surface area contributed by atoms with Crippen LogP contribution in [-0.2, 0) is 0 Å². The summed E-state index contributed by atoms with van der Waals surface area (Å²) in [5.74, 6) is 0.559. The fourth-order valence-electron chi connectivity index (χ4n) is 2.40.